The van der Waals surface area contributed by atoms with E-state index in [9.17, 15) is 0 Å². The summed E-state index contributed by atoms with van der Waals surface area (Å²) in [5.74, 6) is 0. The molecule has 2 heteroatoms. The Kier molecular flexibility index (Phi) is 1.53. The molecule has 0 atom stereocenters. The minimum atomic E-state index is 0.661. The molecule has 0 saturated carbocycles. The maximum atomic E-state index is 5.38. The lowest BCUT2D eigenvalue weighted by Crippen LogP contribution is -2.03. The highest BCUT2D eigenvalue weighted by Gasteiger charge is 2.15. The van der Waals surface area contributed by atoms with Crippen molar-refractivity contribution >= 4 is 11.8 Å². The third-order valence-electron chi connectivity index (χ3n) is 2.47. The highest BCUT2D eigenvalue weighted by atomic mass is 16.5. The Balaban J connectivity index is 2.35. The van der Waals surface area contributed by atoms with Gasteiger partial charge in [0.15, 0.2) is 0 Å². The van der Waals surface area contributed by atoms with Gasteiger partial charge in [-0.25, -0.2) is 0 Å². The van der Waals surface area contributed by atoms with Gasteiger partial charge in [-0.3, -0.25) is 4.99 Å². The van der Waals surface area contributed by atoms with Crippen LogP contribution in [0.5, 0.6) is 0 Å². The predicted octanol–water partition coefficient (Wildman–Crippen LogP) is 2.50. The van der Waals surface area contributed by atoms with Crippen molar-refractivity contribution in [1.29, 1.82) is 0 Å². The van der Waals surface area contributed by atoms with Crippen molar-refractivity contribution in [2.45, 2.75) is 6.61 Å². The number of aliphatic imine (C=N–C) groups is 1. The molecule has 0 aromatic heterocycles. The molecule has 14 heavy (non-hydrogen) atoms. The Morgan fingerprint density at radius 1 is 1.29 bits per heavy atom. The van der Waals surface area contributed by atoms with E-state index >= 15 is 0 Å². The maximum absolute atomic E-state index is 5.38. The van der Waals surface area contributed by atoms with E-state index in [2.05, 4.69) is 17.1 Å². The molecule has 0 saturated heterocycles. The summed E-state index contributed by atoms with van der Waals surface area (Å²) in [5, 5.41) is 0. The standard InChI is InChI=1S/C12H9NO/c1-2-9-6-13-5-4-11-8-14-7-10(3-1)12(9)11/h1-6,8H,7H2. The highest BCUT2D eigenvalue weighted by Crippen LogP contribution is 2.29. The summed E-state index contributed by atoms with van der Waals surface area (Å²) in [4.78, 5) is 4.18. The SMILES string of the molecule is C1=CC2=COCc3cccc(c32)C=N1. The van der Waals surface area contributed by atoms with Crippen molar-refractivity contribution in [3.05, 3.63) is 53.4 Å². The molecule has 0 aliphatic carbocycles. The van der Waals surface area contributed by atoms with Crippen molar-refractivity contribution in [2.24, 2.45) is 4.99 Å². The van der Waals surface area contributed by atoms with Gasteiger partial charge in [0.1, 0.15) is 6.61 Å². The van der Waals surface area contributed by atoms with E-state index in [0.717, 1.165) is 5.57 Å². The molecule has 2 aliphatic heterocycles. The fourth-order valence-electron chi connectivity index (χ4n) is 1.85. The van der Waals surface area contributed by atoms with Crippen LogP contribution in [0.15, 0.2) is 41.7 Å². The Hall–Kier alpha value is -1.83. The van der Waals surface area contributed by atoms with E-state index in [4.69, 9.17) is 4.74 Å². The van der Waals surface area contributed by atoms with E-state index in [1.54, 1.807) is 12.5 Å². The van der Waals surface area contributed by atoms with Crippen LogP contribution >= 0.6 is 0 Å². The van der Waals surface area contributed by atoms with E-state index in [1.165, 1.54) is 16.7 Å². The Bertz CT molecular complexity index is 469. The van der Waals surface area contributed by atoms with Crippen LogP contribution in [-0.2, 0) is 11.3 Å². The summed E-state index contributed by atoms with van der Waals surface area (Å²) in [6.45, 7) is 0.661. The molecule has 1 aromatic rings. The van der Waals surface area contributed by atoms with Crippen LogP contribution < -0.4 is 0 Å². The highest BCUT2D eigenvalue weighted by molar-refractivity contribution is 5.93. The van der Waals surface area contributed by atoms with Gasteiger partial charge in [-0.1, -0.05) is 18.2 Å². The minimum Gasteiger partial charge on any atom is -0.496 e. The topological polar surface area (TPSA) is 21.6 Å². The van der Waals surface area contributed by atoms with Gasteiger partial charge in [-0.2, -0.15) is 0 Å². The van der Waals surface area contributed by atoms with Gasteiger partial charge in [0, 0.05) is 29.1 Å². The van der Waals surface area contributed by atoms with Gasteiger partial charge >= 0.3 is 0 Å². The smallest absolute Gasteiger partial charge is 0.113 e. The monoisotopic (exact) mass is 183 g/mol. The molecule has 0 amide bonds. The average Bonchev–Trinajstić information content (AvgIpc) is 2.44. The van der Waals surface area contributed by atoms with E-state index in [-0.39, 0.29) is 0 Å². The van der Waals surface area contributed by atoms with Crippen molar-refractivity contribution < 1.29 is 4.74 Å². The summed E-state index contributed by atoms with van der Waals surface area (Å²) in [5.41, 5.74) is 4.77. The number of rotatable bonds is 0. The predicted molar refractivity (Wildman–Crippen MR) is 55.9 cm³/mol. The third kappa shape index (κ3) is 1.01. The first-order valence-electron chi connectivity index (χ1n) is 4.59. The van der Waals surface area contributed by atoms with Gasteiger partial charge < -0.3 is 4.74 Å². The van der Waals surface area contributed by atoms with Crippen LogP contribution in [0, 0.1) is 0 Å². The zero-order chi connectivity index (χ0) is 9.38. The number of nitrogens with zero attached hydrogens (tertiary/aromatic N) is 1. The molecular weight excluding hydrogens is 174 g/mol. The Labute approximate surface area is 82.2 Å². The summed E-state index contributed by atoms with van der Waals surface area (Å²) >= 11 is 0. The number of benzene rings is 1. The average molecular weight is 183 g/mol. The molecule has 0 spiro atoms. The molecule has 0 bridgehead atoms. The summed E-state index contributed by atoms with van der Waals surface area (Å²) in [6.07, 6.45) is 7.47. The normalized spacial score (nSPS) is 16.7. The first kappa shape index (κ1) is 7.56. The lowest BCUT2D eigenvalue weighted by atomic mass is 9.95. The van der Waals surface area contributed by atoms with E-state index in [0.29, 0.717) is 6.61 Å². The molecule has 0 unspecified atom stereocenters. The van der Waals surface area contributed by atoms with Crippen molar-refractivity contribution in [2.75, 3.05) is 0 Å². The first-order valence-corrected chi connectivity index (χ1v) is 4.59. The largest absolute Gasteiger partial charge is 0.496 e. The minimum absolute atomic E-state index is 0.661. The Morgan fingerprint density at radius 2 is 2.29 bits per heavy atom. The second-order valence-electron chi connectivity index (χ2n) is 3.36. The summed E-state index contributed by atoms with van der Waals surface area (Å²) in [7, 11) is 0. The first-order chi connectivity index (χ1) is 6.95. The lowest BCUT2D eigenvalue weighted by molar-refractivity contribution is 0.233. The van der Waals surface area contributed by atoms with Gasteiger partial charge in [-0.15, -0.1) is 0 Å². The zero-order valence-corrected chi connectivity index (χ0v) is 7.60. The molecule has 0 fully saturated rings. The second-order valence-corrected chi connectivity index (χ2v) is 3.36. The molecule has 2 nitrogen and oxygen atoms in total. The number of allylic oxidation sites excluding steroid dienone is 2. The van der Waals surface area contributed by atoms with Gasteiger partial charge in [-0.05, 0) is 11.6 Å². The quantitative estimate of drug-likeness (QED) is 0.605. The molecule has 0 N–H and O–H groups in total. The number of hydrogen-bond donors (Lipinski definition) is 0. The Morgan fingerprint density at radius 3 is 3.29 bits per heavy atom. The molecular formula is C12H9NO. The third-order valence-corrected chi connectivity index (χ3v) is 2.47. The summed E-state index contributed by atoms with van der Waals surface area (Å²) in [6, 6.07) is 6.21. The van der Waals surface area contributed by atoms with Crippen LogP contribution in [0.25, 0.3) is 5.57 Å². The fourth-order valence-corrected chi connectivity index (χ4v) is 1.85. The fraction of sp³-hybridized carbons (Fsp3) is 0.0833. The van der Waals surface area contributed by atoms with Crippen LogP contribution in [0.3, 0.4) is 0 Å². The lowest BCUT2D eigenvalue weighted by Gasteiger charge is -2.17. The van der Waals surface area contributed by atoms with Crippen molar-refractivity contribution in [3.8, 4) is 0 Å². The van der Waals surface area contributed by atoms with Crippen LogP contribution in [0.1, 0.15) is 16.7 Å². The zero-order valence-electron chi connectivity index (χ0n) is 7.60. The van der Waals surface area contributed by atoms with E-state index in [1.807, 2.05) is 18.4 Å². The maximum Gasteiger partial charge on any atom is 0.113 e. The van der Waals surface area contributed by atoms with Crippen molar-refractivity contribution in [1.82, 2.24) is 0 Å². The second kappa shape index (κ2) is 2.84. The van der Waals surface area contributed by atoms with Crippen LogP contribution in [0.2, 0.25) is 0 Å². The van der Waals surface area contributed by atoms with Gasteiger partial charge in [0.25, 0.3) is 0 Å². The van der Waals surface area contributed by atoms with E-state index < -0.39 is 0 Å². The molecule has 3 rings (SSSR count). The molecule has 1 aromatic carbocycles. The van der Waals surface area contributed by atoms with Gasteiger partial charge in [0.2, 0.25) is 0 Å². The summed E-state index contributed by atoms with van der Waals surface area (Å²) < 4.78 is 5.38. The van der Waals surface area contributed by atoms with Crippen LogP contribution in [-0.4, -0.2) is 6.21 Å². The number of hydrogen-bond acceptors (Lipinski definition) is 2. The molecule has 68 valence electrons. The molecule has 0 radical (unpaired) electrons. The number of ether oxygens (including phenoxy) is 1. The molecule has 2 heterocycles. The van der Waals surface area contributed by atoms with Crippen molar-refractivity contribution in [3.63, 3.8) is 0 Å². The van der Waals surface area contributed by atoms with Gasteiger partial charge in [0.05, 0.1) is 6.26 Å². The van der Waals surface area contributed by atoms with Crippen LogP contribution in [0.4, 0.5) is 0 Å². The molecule has 2 aliphatic rings.